The number of aliphatic hydroxyl groups excluding tert-OH is 1. The van der Waals surface area contributed by atoms with Crippen molar-refractivity contribution in [2.45, 2.75) is 89.8 Å². The molecule has 5 rings (SSSR count). The molecule has 3 aromatic rings. The molecule has 2 aliphatic rings. The smallest absolute Gasteiger partial charge is 0.126 e. The average Bonchev–Trinajstić information content (AvgIpc) is 2.78. The van der Waals surface area contributed by atoms with Crippen LogP contribution in [0.4, 0.5) is 4.39 Å². The van der Waals surface area contributed by atoms with Crippen molar-refractivity contribution in [2.75, 3.05) is 0 Å². The van der Waals surface area contributed by atoms with E-state index in [2.05, 4.69) is 65.0 Å². The molecule has 1 fully saturated rings. The fourth-order valence-electron chi connectivity index (χ4n) is 5.74. The zero-order chi connectivity index (χ0) is 25.0. The number of hydrogen-bond acceptors (Lipinski definition) is 2. The van der Waals surface area contributed by atoms with Crippen molar-refractivity contribution in [2.24, 2.45) is 0 Å². The Kier molecular flexibility index (Phi) is 6.04. The number of rotatable bonds is 4. The number of ether oxygens (including phenoxy) is 1. The lowest BCUT2D eigenvalue weighted by Crippen LogP contribution is -2.47. The Bertz CT molecular complexity index is 1210. The van der Waals surface area contributed by atoms with Gasteiger partial charge in [-0.05, 0) is 88.6 Å². The topological polar surface area (TPSA) is 29.5 Å². The minimum Gasteiger partial charge on any atom is -0.487 e. The van der Waals surface area contributed by atoms with Crippen LogP contribution in [0.25, 0.3) is 11.1 Å². The van der Waals surface area contributed by atoms with Crippen LogP contribution >= 0.6 is 0 Å². The molecule has 0 amide bonds. The van der Waals surface area contributed by atoms with Crippen molar-refractivity contribution >= 4 is 0 Å². The van der Waals surface area contributed by atoms with Crippen LogP contribution in [0, 0.1) is 5.82 Å². The fourth-order valence-corrected chi connectivity index (χ4v) is 5.74. The predicted molar refractivity (Wildman–Crippen MR) is 141 cm³/mol. The molecule has 1 spiro atoms. The minimum absolute atomic E-state index is 0.103. The molecule has 1 saturated carbocycles. The number of halogens is 1. The average molecular weight is 473 g/mol. The molecule has 2 nitrogen and oxygen atoms in total. The van der Waals surface area contributed by atoms with Crippen LogP contribution in [0.15, 0.2) is 54.6 Å². The first-order valence-corrected chi connectivity index (χ1v) is 13.0. The second-order valence-electron chi connectivity index (χ2n) is 11.9. The van der Waals surface area contributed by atoms with E-state index in [0.717, 1.165) is 48.1 Å². The van der Waals surface area contributed by atoms with Gasteiger partial charge in [-0.1, -0.05) is 71.0 Å². The molecule has 0 aromatic heterocycles. The molecule has 35 heavy (non-hydrogen) atoms. The molecule has 1 atom stereocenters. The van der Waals surface area contributed by atoms with Gasteiger partial charge in [0.05, 0.1) is 6.10 Å². The zero-order valence-corrected chi connectivity index (χ0v) is 21.6. The SMILES string of the molecule is CC(C)c1cc2c(c(-c3ccc(F)cc3)c1Cc1ccc(C(C)(C)C)cc1)[C@@H](O)CC1(CCC1)O2. The van der Waals surface area contributed by atoms with E-state index in [9.17, 15) is 9.50 Å². The Morgan fingerprint density at radius 1 is 1.03 bits per heavy atom. The first kappa shape index (κ1) is 24.1. The quantitative estimate of drug-likeness (QED) is 0.414. The molecule has 1 heterocycles. The Morgan fingerprint density at radius 2 is 1.69 bits per heavy atom. The third-order valence-corrected chi connectivity index (χ3v) is 7.92. The van der Waals surface area contributed by atoms with E-state index in [1.165, 1.54) is 34.4 Å². The van der Waals surface area contributed by atoms with E-state index in [1.54, 1.807) is 0 Å². The molecule has 1 aliphatic carbocycles. The van der Waals surface area contributed by atoms with Crippen molar-refractivity contribution in [1.82, 2.24) is 0 Å². The Labute approximate surface area is 209 Å². The lowest BCUT2D eigenvalue weighted by atomic mass is 9.71. The highest BCUT2D eigenvalue weighted by molar-refractivity contribution is 5.77. The van der Waals surface area contributed by atoms with Crippen LogP contribution in [-0.4, -0.2) is 10.7 Å². The van der Waals surface area contributed by atoms with Crippen molar-refractivity contribution in [1.29, 1.82) is 0 Å². The van der Waals surface area contributed by atoms with Gasteiger partial charge in [0, 0.05) is 12.0 Å². The molecule has 3 heteroatoms. The van der Waals surface area contributed by atoms with Crippen LogP contribution in [-0.2, 0) is 11.8 Å². The second kappa shape index (κ2) is 8.78. The van der Waals surface area contributed by atoms with Gasteiger partial charge in [-0.3, -0.25) is 0 Å². The number of fused-ring (bicyclic) bond motifs is 1. The summed E-state index contributed by atoms with van der Waals surface area (Å²) in [6, 6.07) is 17.7. The standard InChI is InChI=1S/C32H37FO2/c1-20(2)25-18-28-30(27(34)19-32(35-28)15-6-16-32)29(22-9-13-24(33)14-10-22)26(25)17-21-7-11-23(12-8-21)31(3,4)5/h7-14,18,20,27,34H,6,15-17,19H2,1-5H3/t27-/m0/s1. The minimum atomic E-state index is -0.595. The molecule has 0 unspecified atom stereocenters. The highest BCUT2D eigenvalue weighted by atomic mass is 19.1. The molecular weight excluding hydrogens is 435 g/mol. The van der Waals surface area contributed by atoms with E-state index >= 15 is 0 Å². The van der Waals surface area contributed by atoms with Gasteiger partial charge < -0.3 is 9.84 Å². The molecular formula is C32H37FO2. The first-order valence-electron chi connectivity index (χ1n) is 13.0. The lowest BCUT2D eigenvalue weighted by molar-refractivity contribution is -0.0661. The first-order chi connectivity index (χ1) is 16.6. The molecule has 3 aromatic carbocycles. The highest BCUT2D eigenvalue weighted by Gasteiger charge is 2.46. The zero-order valence-electron chi connectivity index (χ0n) is 21.6. The largest absolute Gasteiger partial charge is 0.487 e. The van der Waals surface area contributed by atoms with E-state index in [1.807, 2.05) is 12.1 Å². The third-order valence-electron chi connectivity index (χ3n) is 7.92. The van der Waals surface area contributed by atoms with Gasteiger partial charge in [-0.15, -0.1) is 0 Å². The van der Waals surface area contributed by atoms with Crippen LogP contribution in [0.5, 0.6) is 5.75 Å². The molecule has 0 saturated heterocycles. The van der Waals surface area contributed by atoms with Crippen LogP contribution in [0.2, 0.25) is 0 Å². The van der Waals surface area contributed by atoms with Crippen LogP contribution in [0.1, 0.15) is 100 Å². The van der Waals surface area contributed by atoms with Gasteiger partial charge >= 0.3 is 0 Å². The molecule has 184 valence electrons. The Hall–Kier alpha value is -2.65. The van der Waals surface area contributed by atoms with Gasteiger partial charge in [0.15, 0.2) is 0 Å². The molecule has 0 radical (unpaired) electrons. The summed E-state index contributed by atoms with van der Waals surface area (Å²) < 4.78 is 20.5. The second-order valence-corrected chi connectivity index (χ2v) is 11.9. The van der Waals surface area contributed by atoms with Gasteiger partial charge in [0.25, 0.3) is 0 Å². The van der Waals surface area contributed by atoms with E-state index < -0.39 is 6.10 Å². The van der Waals surface area contributed by atoms with Crippen molar-refractivity contribution in [3.05, 3.63) is 88.2 Å². The molecule has 0 bridgehead atoms. The Balaban J connectivity index is 1.69. The van der Waals surface area contributed by atoms with Crippen LogP contribution < -0.4 is 4.74 Å². The normalized spacial score (nSPS) is 18.8. The summed E-state index contributed by atoms with van der Waals surface area (Å²) in [6.07, 6.45) is 3.90. The number of aliphatic hydroxyl groups is 1. The summed E-state index contributed by atoms with van der Waals surface area (Å²) in [5.74, 6) is 0.828. The van der Waals surface area contributed by atoms with Gasteiger partial charge in [0.1, 0.15) is 17.2 Å². The molecule has 1 N–H and O–H groups in total. The lowest BCUT2D eigenvalue weighted by Gasteiger charge is -2.47. The van der Waals surface area contributed by atoms with Gasteiger partial charge in [-0.2, -0.15) is 0 Å². The van der Waals surface area contributed by atoms with Crippen molar-refractivity contribution < 1.29 is 14.2 Å². The maximum absolute atomic E-state index is 13.9. The summed E-state index contributed by atoms with van der Waals surface area (Å²) in [6.45, 7) is 11.1. The van der Waals surface area contributed by atoms with E-state index in [4.69, 9.17) is 4.74 Å². The van der Waals surface area contributed by atoms with E-state index in [0.29, 0.717) is 6.42 Å². The molecule has 1 aliphatic heterocycles. The monoisotopic (exact) mass is 472 g/mol. The van der Waals surface area contributed by atoms with Crippen molar-refractivity contribution in [3.8, 4) is 16.9 Å². The third kappa shape index (κ3) is 4.51. The fraction of sp³-hybridized carbons (Fsp3) is 0.438. The number of benzene rings is 3. The summed E-state index contributed by atoms with van der Waals surface area (Å²) in [7, 11) is 0. The summed E-state index contributed by atoms with van der Waals surface area (Å²) in [4.78, 5) is 0. The predicted octanol–water partition coefficient (Wildman–Crippen LogP) is 8.24. The van der Waals surface area contributed by atoms with Crippen molar-refractivity contribution in [3.63, 3.8) is 0 Å². The summed E-state index contributed by atoms with van der Waals surface area (Å²) in [5.41, 5.74) is 7.63. The van der Waals surface area contributed by atoms with Gasteiger partial charge in [-0.25, -0.2) is 4.39 Å². The maximum Gasteiger partial charge on any atom is 0.126 e. The summed E-state index contributed by atoms with van der Waals surface area (Å²) in [5, 5.41) is 11.5. The highest BCUT2D eigenvalue weighted by Crippen LogP contribution is 2.53. The van der Waals surface area contributed by atoms with E-state index in [-0.39, 0.29) is 22.8 Å². The summed E-state index contributed by atoms with van der Waals surface area (Å²) >= 11 is 0. The Morgan fingerprint density at radius 3 is 2.23 bits per heavy atom. The number of hydrogen-bond donors (Lipinski definition) is 1. The van der Waals surface area contributed by atoms with Crippen LogP contribution in [0.3, 0.4) is 0 Å². The maximum atomic E-state index is 13.9. The van der Waals surface area contributed by atoms with Gasteiger partial charge in [0.2, 0.25) is 0 Å².